The Balaban J connectivity index is 1.92. The predicted molar refractivity (Wildman–Crippen MR) is 112 cm³/mol. The molecule has 3 rings (SSSR count). The number of carbonyl (C=O) groups excluding carboxylic acids is 1. The fraction of sp³-hybridized carbons (Fsp3) is 0.227. The van der Waals surface area contributed by atoms with Gasteiger partial charge in [0.2, 0.25) is 0 Å². The summed E-state index contributed by atoms with van der Waals surface area (Å²) in [6.45, 7) is 1.53. The van der Waals surface area contributed by atoms with E-state index in [9.17, 15) is 22.8 Å². The maximum Gasteiger partial charge on any atom is 0.338 e. The molecule has 6 nitrogen and oxygen atoms in total. The van der Waals surface area contributed by atoms with Gasteiger partial charge in [0.25, 0.3) is 12.3 Å². The molecule has 0 radical (unpaired) electrons. The quantitative estimate of drug-likeness (QED) is 0.518. The average molecular weight is 466 g/mol. The van der Waals surface area contributed by atoms with Crippen LogP contribution in [0.2, 0.25) is 5.02 Å². The number of carboxylic acids is 1. The number of nitrogens with zero attached hydrogens (tertiary/aromatic N) is 2. The number of aromatic nitrogens is 2. The second-order valence-electron chi connectivity index (χ2n) is 7.18. The Morgan fingerprint density at radius 3 is 2.53 bits per heavy atom. The van der Waals surface area contributed by atoms with E-state index in [1.54, 1.807) is 24.3 Å². The number of hydrogen-bond donors (Lipinski definition) is 2. The van der Waals surface area contributed by atoms with Gasteiger partial charge in [-0.25, -0.2) is 18.0 Å². The van der Waals surface area contributed by atoms with Gasteiger partial charge in [-0.3, -0.25) is 9.48 Å². The Morgan fingerprint density at radius 2 is 1.94 bits per heavy atom. The van der Waals surface area contributed by atoms with E-state index in [-0.39, 0.29) is 23.2 Å². The van der Waals surface area contributed by atoms with Crippen LogP contribution in [0.1, 0.15) is 62.6 Å². The number of carbonyl (C=O) groups is 2. The third-order valence-electron chi connectivity index (χ3n) is 4.93. The van der Waals surface area contributed by atoms with Crippen molar-refractivity contribution in [2.45, 2.75) is 25.8 Å². The maximum absolute atomic E-state index is 14.0. The second-order valence-corrected chi connectivity index (χ2v) is 7.61. The minimum Gasteiger partial charge on any atom is -0.478 e. The number of aryl methyl sites for hydroxylation is 1. The molecular formula is C22H19ClF3N3O3. The molecule has 168 valence electrons. The Bertz CT molecular complexity index is 1180. The van der Waals surface area contributed by atoms with Crippen molar-refractivity contribution in [2.75, 3.05) is 0 Å². The van der Waals surface area contributed by atoms with Crippen molar-refractivity contribution in [3.63, 3.8) is 0 Å². The fourth-order valence-corrected chi connectivity index (χ4v) is 3.60. The maximum atomic E-state index is 14.0. The van der Waals surface area contributed by atoms with Gasteiger partial charge in [0.15, 0.2) is 0 Å². The van der Waals surface area contributed by atoms with Gasteiger partial charge >= 0.3 is 5.97 Å². The van der Waals surface area contributed by atoms with Crippen LogP contribution >= 0.6 is 11.6 Å². The zero-order valence-corrected chi connectivity index (χ0v) is 17.8. The van der Waals surface area contributed by atoms with Crippen LogP contribution in [-0.2, 0) is 13.5 Å². The van der Waals surface area contributed by atoms with E-state index < -0.39 is 41.4 Å². The molecule has 0 fully saturated rings. The number of alkyl halides is 2. The Hall–Kier alpha value is -3.33. The Morgan fingerprint density at radius 1 is 1.22 bits per heavy atom. The number of hydrogen-bond acceptors (Lipinski definition) is 3. The molecule has 0 unspecified atom stereocenters. The van der Waals surface area contributed by atoms with Gasteiger partial charge in [-0.1, -0.05) is 29.8 Å². The standard InChI is InChI=1S/C22H19ClF3N3O3/c1-11(13-6-7-15(22(31)32)16(24)10-13)27-21(30)18-17(28-29(2)19(18)20(25)26)9-12-4-3-5-14(23)8-12/h3-8,10-11,20H,9H2,1-2H3,(H,27,30)(H,31,32)/t11-/m0/s1. The molecule has 3 aromatic rings. The molecule has 1 amide bonds. The summed E-state index contributed by atoms with van der Waals surface area (Å²) in [5.41, 5.74) is -0.217. The number of rotatable bonds is 7. The molecule has 2 aromatic carbocycles. The highest BCUT2D eigenvalue weighted by molar-refractivity contribution is 6.30. The van der Waals surface area contributed by atoms with Crippen LogP contribution < -0.4 is 5.32 Å². The number of amides is 1. The number of halogens is 4. The van der Waals surface area contributed by atoms with E-state index in [4.69, 9.17) is 16.7 Å². The van der Waals surface area contributed by atoms with E-state index in [1.165, 1.54) is 20.0 Å². The SMILES string of the molecule is C[C@H](NC(=O)c1c(Cc2cccc(Cl)c2)nn(C)c1C(F)F)c1ccc(C(=O)O)c(F)c1. The molecule has 0 aliphatic carbocycles. The lowest BCUT2D eigenvalue weighted by atomic mass is 10.0. The average Bonchev–Trinajstić information content (AvgIpc) is 3.03. The number of nitrogens with one attached hydrogen (secondary N) is 1. The molecule has 0 aliphatic heterocycles. The lowest BCUT2D eigenvalue weighted by Gasteiger charge is -2.16. The van der Waals surface area contributed by atoms with Gasteiger partial charge < -0.3 is 10.4 Å². The van der Waals surface area contributed by atoms with E-state index in [1.807, 2.05) is 0 Å². The van der Waals surface area contributed by atoms with Gasteiger partial charge in [0.1, 0.15) is 11.5 Å². The zero-order valence-electron chi connectivity index (χ0n) is 17.1. The van der Waals surface area contributed by atoms with Crippen LogP contribution in [0.15, 0.2) is 42.5 Å². The van der Waals surface area contributed by atoms with Gasteiger partial charge in [-0.05, 0) is 42.3 Å². The summed E-state index contributed by atoms with van der Waals surface area (Å²) in [7, 11) is 1.32. The van der Waals surface area contributed by atoms with E-state index in [0.717, 1.165) is 16.8 Å². The number of aromatic carboxylic acids is 1. The Kier molecular flexibility index (Phi) is 6.88. The third-order valence-corrected chi connectivity index (χ3v) is 5.16. The topological polar surface area (TPSA) is 84.2 Å². The van der Waals surface area contributed by atoms with E-state index in [0.29, 0.717) is 10.6 Å². The van der Waals surface area contributed by atoms with Crippen LogP contribution in [0, 0.1) is 5.82 Å². The molecule has 1 atom stereocenters. The summed E-state index contributed by atoms with van der Waals surface area (Å²) in [5.74, 6) is -3.19. The van der Waals surface area contributed by atoms with Gasteiger partial charge in [0.05, 0.1) is 22.9 Å². The highest BCUT2D eigenvalue weighted by Crippen LogP contribution is 2.28. The van der Waals surface area contributed by atoms with E-state index >= 15 is 0 Å². The molecule has 0 saturated heterocycles. The van der Waals surface area contributed by atoms with Crippen LogP contribution in [0.25, 0.3) is 0 Å². The van der Waals surface area contributed by atoms with Crippen LogP contribution in [0.4, 0.5) is 13.2 Å². The van der Waals surface area contributed by atoms with Gasteiger partial charge in [-0.15, -0.1) is 0 Å². The summed E-state index contributed by atoms with van der Waals surface area (Å²) < 4.78 is 42.4. The van der Waals surface area contributed by atoms with Gasteiger partial charge in [0, 0.05) is 18.5 Å². The first-order valence-electron chi connectivity index (χ1n) is 9.50. The van der Waals surface area contributed by atoms with Crippen LogP contribution in [0.3, 0.4) is 0 Å². The lowest BCUT2D eigenvalue weighted by molar-refractivity contribution is 0.0691. The molecule has 1 heterocycles. The van der Waals surface area contributed by atoms with Crippen molar-refractivity contribution in [3.8, 4) is 0 Å². The first-order chi connectivity index (χ1) is 15.1. The lowest BCUT2D eigenvalue weighted by Crippen LogP contribution is -2.28. The van der Waals surface area contributed by atoms with E-state index in [2.05, 4.69) is 10.4 Å². The molecule has 1 aromatic heterocycles. The van der Waals surface area contributed by atoms with Crippen LogP contribution in [-0.4, -0.2) is 26.8 Å². The monoisotopic (exact) mass is 465 g/mol. The molecular weight excluding hydrogens is 447 g/mol. The van der Waals surface area contributed by atoms with Crippen molar-refractivity contribution >= 4 is 23.5 Å². The molecule has 10 heteroatoms. The minimum atomic E-state index is -2.95. The minimum absolute atomic E-state index is 0.0974. The number of carboxylic acid groups (broad SMARTS) is 1. The first kappa shape index (κ1) is 23.3. The van der Waals surface area contributed by atoms with Crippen molar-refractivity contribution in [1.29, 1.82) is 0 Å². The van der Waals surface area contributed by atoms with Crippen LogP contribution in [0.5, 0.6) is 0 Å². The highest BCUT2D eigenvalue weighted by Gasteiger charge is 2.29. The summed E-state index contributed by atoms with van der Waals surface area (Å²) in [5, 5.41) is 16.1. The molecule has 0 bridgehead atoms. The molecule has 2 N–H and O–H groups in total. The third kappa shape index (κ3) is 4.94. The van der Waals surface area contributed by atoms with Crippen molar-refractivity contribution in [3.05, 3.63) is 86.9 Å². The van der Waals surface area contributed by atoms with Crippen molar-refractivity contribution in [1.82, 2.24) is 15.1 Å². The normalized spacial score (nSPS) is 12.1. The summed E-state index contributed by atoms with van der Waals surface area (Å²) in [6, 6.07) is 9.37. The Labute approximate surface area is 186 Å². The fourth-order valence-electron chi connectivity index (χ4n) is 3.38. The first-order valence-corrected chi connectivity index (χ1v) is 9.88. The molecule has 0 aliphatic rings. The van der Waals surface area contributed by atoms with Gasteiger partial charge in [-0.2, -0.15) is 5.10 Å². The smallest absolute Gasteiger partial charge is 0.338 e. The predicted octanol–water partition coefficient (Wildman–Crippen LogP) is 4.93. The summed E-state index contributed by atoms with van der Waals surface area (Å²) in [4.78, 5) is 24.0. The molecule has 0 saturated carbocycles. The number of benzene rings is 2. The summed E-state index contributed by atoms with van der Waals surface area (Å²) in [6.07, 6.45) is -2.86. The molecule has 32 heavy (non-hydrogen) atoms. The van der Waals surface area contributed by atoms with Crippen molar-refractivity contribution < 1.29 is 27.9 Å². The largest absolute Gasteiger partial charge is 0.478 e. The molecule has 0 spiro atoms. The zero-order chi connectivity index (χ0) is 23.6. The second kappa shape index (κ2) is 9.44. The highest BCUT2D eigenvalue weighted by atomic mass is 35.5. The van der Waals surface area contributed by atoms with Crippen molar-refractivity contribution in [2.24, 2.45) is 7.05 Å². The summed E-state index contributed by atoms with van der Waals surface area (Å²) >= 11 is 5.99.